The summed E-state index contributed by atoms with van der Waals surface area (Å²) in [5, 5.41) is 8.67. The van der Waals surface area contributed by atoms with Gasteiger partial charge in [0.2, 0.25) is 0 Å². The molecule has 3 nitrogen and oxygen atoms in total. The Kier molecular flexibility index (Phi) is 5.39. The average Bonchev–Trinajstić information content (AvgIpc) is 2.03. The highest BCUT2D eigenvalue weighted by atomic mass is 16.4. The first-order valence-electron chi connectivity index (χ1n) is 4.55. The van der Waals surface area contributed by atoms with Crippen LogP contribution in [0.5, 0.6) is 0 Å². The minimum Gasteiger partial charge on any atom is -0.481 e. The fourth-order valence-corrected chi connectivity index (χ4v) is 1.10. The van der Waals surface area contributed by atoms with Crippen LogP contribution in [0, 0.1) is 5.92 Å². The maximum Gasteiger partial charge on any atom is 0.307 e. The van der Waals surface area contributed by atoms with Gasteiger partial charge in [0.15, 0.2) is 0 Å². The molecule has 13 heavy (non-hydrogen) atoms. The van der Waals surface area contributed by atoms with Crippen LogP contribution in [0.4, 0.5) is 0 Å². The van der Waals surface area contributed by atoms with Crippen molar-refractivity contribution in [2.45, 2.75) is 20.3 Å². The number of rotatable bonds is 6. The van der Waals surface area contributed by atoms with Crippen molar-refractivity contribution in [3.8, 4) is 0 Å². The Bertz CT molecular complexity index is 189. The van der Waals surface area contributed by atoms with E-state index in [0.717, 1.165) is 18.5 Å². The molecular formula is C10H19NO2. The van der Waals surface area contributed by atoms with Crippen LogP contribution in [-0.4, -0.2) is 36.1 Å². The maximum atomic E-state index is 10.5. The minimum atomic E-state index is -0.742. The highest BCUT2D eigenvalue weighted by molar-refractivity contribution is 5.69. The van der Waals surface area contributed by atoms with Gasteiger partial charge in [-0.05, 0) is 13.5 Å². The zero-order valence-corrected chi connectivity index (χ0v) is 8.71. The van der Waals surface area contributed by atoms with Crippen LogP contribution in [0.25, 0.3) is 0 Å². The van der Waals surface area contributed by atoms with E-state index >= 15 is 0 Å². The van der Waals surface area contributed by atoms with Crippen molar-refractivity contribution in [3.63, 3.8) is 0 Å². The Hall–Kier alpha value is -0.830. The van der Waals surface area contributed by atoms with Crippen molar-refractivity contribution >= 4 is 5.97 Å². The Morgan fingerprint density at radius 2 is 2.15 bits per heavy atom. The van der Waals surface area contributed by atoms with E-state index in [4.69, 9.17) is 5.11 Å². The summed E-state index contributed by atoms with van der Waals surface area (Å²) in [6.45, 7) is 9.01. The summed E-state index contributed by atoms with van der Waals surface area (Å²) in [7, 11) is 1.92. The number of hydrogen-bond donors (Lipinski definition) is 1. The third-order valence-corrected chi connectivity index (χ3v) is 2.00. The van der Waals surface area contributed by atoms with Crippen LogP contribution < -0.4 is 0 Å². The van der Waals surface area contributed by atoms with Crippen molar-refractivity contribution in [2.75, 3.05) is 20.1 Å². The molecule has 1 unspecified atom stereocenters. The topological polar surface area (TPSA) is 40.5 Å². The van der Waals surface area contributed by atoms with Crippen molar-refractivity contribution in [2.24, 2.45) is 5.92 Å². The second-order valence-electron chi connectivity index (χ2n) is 3.54. The van der Waals surface area contributed by atoms with E-state index in [1.54, 1.807) is 6.92 Å². The van der Waals surface area contributed by atoms with Crippen LogP contribution in [-0.2, 0) is 4.79 Å². The second kappa shape index (κ2) is 5.75. The van der Waals surface area contributed by atoms with E-state index < -0.39 is 5.97 Å². The molecule has 0 aromatic heterocycles. The molecule has 0 saturated heterocycles. The number of likely N-dealkylation sites (N-methyl/N-ethyl adjacent to an activating group) is 1. The van der Waals surface area contributed by atoms with Gasteiger partial charge in [-0.25, -0.2) is 0 Å². The number of carboxylic acids is 1. The van der Waals surface area contributed by atoms with Gasteiger partial charge in [-0.3, -0.25) is 4.79 Å². The van der Waals surface area contributed by atoms with Gasteiger partial charge >= 0.3 is 5.97 Å². The quantitative estimate of drug-likeness (QED) is 0.639. The fourth-order valence-electron chi connectivity index (χ4n) is 1.10. The smallest absolute Gasteiger partial charge is 0.307 e. The van der Waals surface area contributed by atoms with Crippen molar-refractivity contribution in [3.05, 3.63) is 12.2 Å². The van der Waals surface area contributed by atoms with Gasteiger partial charge in [-0.2, -0.15) is 0 Å². The normalized spacial score (nSPS) is 12.9. The summed E-state index contributed by atoms with van der Waals surface area (Å²) in [4.78, 5) is 12.5. The molecule has 1 N–H and O–H groups in total. The van der Waals surface area contributed by atoms with Gasteiger partial charge in [0.25, 0.3) is 0 Å². The number of hydrogen-bond acceptors (Lipinski definition) is 2. The summed E-state index contributed by atoms with van der Waals surface area (Å²) in [6, 6.07) is 0. The van der Waals surface area contributed by atoms with Gasteiger partial charge in [0, 0.05) is 13.1 Å². The molecule has 0 aromatic carbocycles. The van der Waals surface area contributed by atoms with E-state index in [9.17, 15) is 4.79 Å². The Labute approximate surface area is 80.0 Å². The van der Waals surface area contributed by atoms with Gasteiger partial charge < -0.3 is 10.0 Å². The zero-order valence-electron chi connectivity index (χ0n) is 8.71. The molecule has 0 aliphatic carbocycles. The molecule has 0 aliphatic heterocycles. The first-order chi connectivity index (χ1) is 5.97. The number of nitrogens with zero attached hydrogens (tertiary/aromatic N) is 1. The zero-order chi connectivity index (χ0) is 10.4. The molecule has 76 valence electrons. The molecule has 0 saturated carbocycles. The molecule has 0 radical (unpaired) electrons. The lowest BCUT2D eigenvalue weighted by Crippen LogP contribution is -2.29. The van der Waals surface area contributed by atoms with Crippen molar-refractivity contribution < 1.29 is 9.90 Å². The molecule has 0 aromatic rings. The van der Waals surface area contributed by atoms with Gasteiger partial charge in [-0.15, -0.1) is 0 Å². The van der Waals surface area contributed by atoms with E-state index in [0.29, 0.717) is 6.54 Å². The molecular weight excluding hydrogens is 166 g/mol. The lowest BCUT2D eigenvalue weighted by Gasteiger charge is -2.19. The van der Waals surface area contributed by atoms with Crippen LogP contribution in [0.3, 0.4) is 0 Å². The molecule has 0 amide bonds. The third kappa shape index (κ3) is 5.42. The van der Waals surface area contributed by atoms with Crippen LogP contribution >= 0.6 is 0 Å². The lowest BCUT2D eigenvalue weighted by atomic mass is 10.1. The summed E-state index contributed by atoms with van der Waals surface area (Å²) in [5.41, 5.74) is 1.14. The number of carbonyl (C=O) groups is 1. The predicted octanol–water partition coefficient (Wildman–Crippen LogP) is 1.61. The van der Waals surface area contributed by atoms with Gasteiger partial charge in [0.1, 0.15) is 0 Å². The highest BCUT2D eigenvalue weighted by Gasteiger charge is 2.13. The summed E-state index contributed by atoms with van der Waals surface area (Å²) >= 11 is 0. The first kappa shape index (κ1) is 12.2. The molecule has 0 bridgehead atoms. The Balaban J connectivity index is 3.80. The molecule has 0 heterocycles. The fraction of sp³-hybridized carbons (Fsp3) is 0.700. The van der Waals surface area contributed by atoms with Gasteiger partial charge in [0.05, 0.1) is 5.92 Å². The van der Waals surface area contributed by atoms with Crippen LogP contribution in [0.1, 0.15) is 20.3 Å². The molecule has 0 fully saturated rings. The maximum absolute atomic E-state index is 10.5. The summed E-state index contributed by atoms with van der Waals surface area (Å²) < 4.78 is 0. The molecule has 1 atom stereocenters. The first-order valence-corrected chi connectivity index (χ1v) is 4.55. The summed E-state index contributed by atoms with van der Waals surface area (Å²) in [5.74, 6) is -1.05. The van der Waals surface area contributed by atoms with Crippen LogP contribution in [0.2, 0.25) is 0 Å². The van der Waals surface area contributed by atoms with E-state index in [2.05, 4.69) is 13.5 Å². The predicted molar refractivity (Wildman–Crippen MR) is 53.7 cm³/mol. The van der Waals surface area contributed by atoms with Crippen LogP contribution in [0.15, 0.2) is 12.2 Å². The highest BCUT2D eigenvalue weighted by Crippen LogP contribution is 2.03. The van der Waals surface area contributed by atoms with Crippen molar-refractivity contribution in [1.29, 1.82) is 0 Å². The molecule has 0 aliphatic rings. The molecule has 0 rings (SSSR count). The summed E-state index contributed by atoms with van der Waals surface area (Å²) in [6.07, 6.45) is 0.950. The van der Waals surface area contributed by atoms with E-state index in [1.807, 2.05) is 11.9 Å². The minimum absolute atomic E-state index is 0.311. The average molecular weight is 185 g/mol. The van der Waals surface area contributed by atoms with E-state index in [1.165, 1.54) is 0 Å². The SMILES string of the molecule is C=C(CC)CN(C)CC(C)C(=O)O. The van der Waals surface area contributed by atoms with E-state index in [-0.39, 0.29) is 5.92 Å². The van der Waals surface area contributed by atoms with Crippen molar-refractivity contribution in [1.82, 2.24) is 4.90 Å². The molecule has 0 spiro atoms. The Morgan fingerprint density at radius 3 is 2.54 bits per heavy atom. The van der Waals surface area contributed by atoms with Gasteiger partial charge in [-0.1, -0.05) is 26.0 Å². The monoisotopic (exact) mass is 185 g/mol. The molecule has 3 heteroatoms. The third-order valence-electron chi connectivity index (χ3n) is 2.00. The Morgan fingerprint density at radius 1 is 1.62 bits per heavy atom. The second-order valence-corrected chi connectivity index (χ2v) is 3.54. The standard InChI is InChI=1S/C10H19NO2/c1-5-8(2)6-11(4)7-9(3)10(12)13/h9H,2,5-7H2,1,3-4H3,(H,12,13). The largest absolute Gasteiger partial charge is 0.481 e. The lowest BCUT2D eigenvalue weighted by molar-refractivity contribution is -0.141. The number of carboxylic acid groups (broad SMARTS) is 1. The number of aliphatic carboxylic acids is 1.